The molecule has 1 aliphatic carbocycles. The van der Waals surface area contributed by atoms with Gasteiger partial charge >= 0.3 is 0 Å². The van der Waals surface area contributed by atoms with Crippen molar-refractivity contribution in [1.29, 1.82) is 0 Å². The molecule has 3 atom stereocenters. The van der Waals surface area contributed by atoms with Crippen LogP contribution >= 0.6 is 0 Å². The molecule has 3 heteroatoms. The van der Waals surface area contributed by atoms with Crippen LogP contribution in [0.1, 0.15) is 117 Å². The monoisotopic (exact) mass is 425 g/mol. The molecule has 0 aliphatic heterocycles. The lowest BCUT2D eigenvalue weighted by atomic mass is 10.0. The van der Waals surface area contributed by atoms with Gasteiger partial charge in [0.1, 0.15) is 5.82 Å². The summed E-state index contributed by atoms with van der Waals surface area (Å²) in [5.41, 5.74) is 2.54. The average molecular weight is 426 g/mol. The average Bonchev–Trinajstić information content (AvgIpc) is 3.41. The SMILES string of the molecule is CCCC(CCC)N(C)C(C)CC1CC1c1nc2ccccc2n1C(CCC)CCC. The van der Waals surface area contributed by atoms with Crippen LogP contribution in [0.2, 0.25) is 0 Å². The minimum atomic E-state index is 0.595. The predicted molar refractivity (Wildman–Crippen MR) is 135 cm³/mol. The smallest absolute Gasteiger partial charge is 0.113 e. The van der Waals surface area contributed by atoms with E-state index < -0.39 is 0 Å². The molecule has 3 unspecified atom stereocenters. The van der Waals surface area contributed by atoms with Gasteiger partial charge < -0.3 is 9.47 Å². The van der Waals surface area contributed by atoms with Crippen LogP contribution in [0.3, 0.4) is 0 Å². The number of benzene rings is 1. The van der Waals surface area contributed by atoms with Gasteiger partial charge in [-0.2, -0.15) is 0 Å². The van der Waals surface area contributed by atoms with Gasteiger partial charge in [-0.3, -0.25) is 0 Å². The fourth-order valence-electron chi connectivity index (χ4n) is 5.78. The van der Waals surface area contributed by atoms with Crippen molar-refractivity contribution in [2.24, 2.45) is 5.92 Å². The first kappa shape index (κ1) is 24.3. The van der Waals surface area contributed by atoms with E-state index in [0.29, 0.717) is 18.0 Å². The molecule has 174 valence electrons. The number of fused-ring (bicyclic) bond motifs is 1. The van der Waals surface area contributed by atoms with Gasteiger partial charge in [0, 0.05) is 24.0 Å². The molecule has 1 heterocycles. The Morgan fingerprint density at radius 1 is 0.968 bits per heavy atom. The van der Waals surface area contributed by atoms with Gasteiger partial charge in [0.15, 0.2) is 0 Å². The van der Waals surface area contributed by atoms with E-state index in [1.165, 1.54) is 81.1 Å². The molecule has 1 aromatic carbocycles. The van der Waals surface area contributed by atoms with Crippen molar-refractivity contribution in [3.05, 3.63) is 30.1 Å². The summed E-state index contributed by atoms with van der Waals surface area (Å²) < 4.78 is 2.65. The highest BCUT2D eigenvalue weighted by Gasteiger charge is 2.43. The summed E-state index contributed by atoms with van der Waals surface area (Å²) in [4.78, 5) is 7.89. The van der Waals surface area contributed by atoms with E-state index in [0.717, 1.165) is 12.0 Å². The number of imidazole rings is 1. The van der Waals surface area contributed by atoms with E-state index >= 15 is 0 Å². The molecule has 0 amide bonds. The highest BCUT2D eigenvalue weighted by molar-refractivity contribution is 5.76. The van der Waals surface area contributed by atoms with Crippen molar-refractivity contribution in [1.82, 2.24) is 14.5 Å². The largest absolute Gasteiger partial charge is 0.325 e. The van der Waals surface area contributed by atoms with Crippen LogP contribution in [-0.2, 0) is 0 Å². The Morgan fingerprint density at radius 2 is 1.58 bits per heavy atom. The van der Waals surface area contributed by atoms with Crippen LogP contribution in [0.25, 0.3) is 11.0 Å². The van der Waals surface area contributed by atoms with Crippen molar-refractivity contribution >= 4 is 11.0 Å². The summed E-state index contributed by atoms with van der Waals surface area (Å²) in [6, 6.07) is 10.8. The van der Waals surface area contributed by atoms with Gasteiger partial charge in [0.25, 0.3) is 0 Å². The minimum absolute atomic E-state index is 0.595. The Kier molecular flexibility index (Phi) is 9.01. The van der Waals surface area contributed by atoms with Crippen LogP contribution in [0.4, 0.5) is 0 Å². The van der Waals surface area contributed by atoms with E-state index in [9.17, 15) is 0 Å². The zero-order valence-corrected chi connectivity index (χ0v) is 21.1. The maximum atomic E-state index is 5.21. The molecule has 0 bridgehead atoms. The standard InChI is InChI=1S/C28H47N3/c1-7-13-23(14-8-2)30(6)21(5)19-22-20-25(22)28-29-26-17-11-12-18-27(26)31(28)24(15-9-3)16-10-4/h11-12,17-18,21-25H,7-10,13-16,19-20H2,1-6H3. The third-order valence-corrected chi connectivity index (χ3v) is 7.65. The van der Waals surface area contributed by atoms with Gasteiger partial charge in [-0.05, 0) is 70.5 Å². The fourth-order valence-corrected chi connectivity index (χ4v) is 5.78. The molecule has 1 aromatic heterocycles. The van der Waals surface area contributed by atoms with Gasteiger partial charge in [-0.1, -0.05) is 65.5 Å². The Bertz CT molecular complexity index is 783. The van der Waals surface area contributed by atoms with Crippen molar-refractivity contribution < 1.29 is 0 Å². The third-order valence-electron chi connectivity index (χ3n) is 7.65. The molecule has 3 nitrogen and oxygen atoms in total. The summed E-state index contributed by atoms with van der Waals surface area (Å²) >= 11 is 0. The summed E-state index contributed by atoms with van der Waals surface area (Å²) in [5.74, 6) is 2.82. The fraction of sp³-hybridized carbons (Fsp3) is 0.750. The van der Waals surface area contributed by atoms with E-state index in [-0.39, 0.29) is 0 Å². The van der Waals surface area contributed by atoms with Gasteiger partial charge in [-0.15, -0.1) is 0 Å². The highest BCUT2D eigenvalue weighted by Crippen LogP contribution is 2.51. The first-order chi connectivity index (χ1) is 15.0. The molecule has 1 saturated carbocycles. The van der Waals surface area contributed by atoms with E-state index in [1.54, 1.807) is 0 Å². The summed E-state index contributed by atoms with van der Waals surface area (Å²) in [6.45, 7) is 11.7. The molecule has 0 saturated heterocycles. The van der Waals surface area contributed by atoms with Crippen molar-refractivity contribution in [3.63, 3.8) is 0 Å². The second kappa shape index (κ2) is 11.5. The van der Waals surface area contributed by atoms with Crippen molar-refractivity contribution in [3.8, 4) is 0 Å². The number of aromatic nitrogens is 2. The molecule has 1 fully saturated rings. The van der Waals surface area contributed by atoms with E-state index in [2.05, 4.69) is 75.4 Å². The van der Waals surface area contributed by atoms with Crippen molar-refractivity contribution in [2.45, 2.75) is 123 Å². The molecule has 31 heavy (non-hydrogen) atoms. The molecule has 2 aromatic rings. The Labute approximate surface area is 191 Å². The number of hydrogen-bond acceptors (Lipinski definition) is 2. The first-order valence-electron chi connectivity index (χ1n) is 13.2. The quantitative estimate of drug-likeness (QED) is 0.306. The minimum Gasteiger partial charge on any atom is -0.325 e. The summed E-state index contributed by atoms with van der Waals surface area (Å²) in [5, 5.41) is 0. The predicted octanol–water partition coefficient (Wildman–Crippen LogP) is 7.96. The molecular weight excluding hydrogens is 378 g/mol. The maximum Gasteiger partial charge on any atom is 0.113 e. The van der Waals surface area contributed by atoms with Crippen LogP contribution < -0.4 is 0 Å². The lowest BCUT2D eigenvalue weighted by Crippen LogP contribution is -2.39. The lowest BCUT2D eigenvalue weighted by Gasteiger charge is -2.33. The van der Waals surface area contributed by atoms with E-state index in [4.69, 9.17) is 4.98 Å². The number of rotatable bonds is 14. The van der Waals surface area contributed by atoms with E-state index in [1.807, 2.05) is 0 Å². The second-order valence-corrected chi connectivity index (χ2v) is 10.1. The molecule has 0 N–H and O–H groups in total. The van der Waals surface area contributed by atoms with Crippen LogP contribution in [0.5, 0.6) is 0 Å². The van der Waals surface area contributed by atoms with Gasteiger partial charge in [-0.25, -0.2) is 4.98 Å². The zero-order chi connectivity index (χ0) is 22.4. The molecule has 1 aliphatic rings. The van der Waals surface area contributed by atoms with Gasteiger partial charge in [0.2, 0.25) is 0 Å². The Hall–Kier alpha value is -1.35. The topological polar surface area (TPSA) is 21.1 Å². The van der Waals surface area contributed by atoms with Gasteiger partial charge in [0.05, 0.1) is 11.0 Å². The molecule has 0 radical (unpaired) electrons. The maximum absolute atomic E-state index is 5.21. The number of hydrogen-bond donors (Lipinski definition) is 0. The third kappa shape index (κ3) is 5.72. The molecule has 3 rings (SSSR count). The molecule has 0 spiro atoms. The Morgan fingerprint density at radius 3 is 2.19 bits per heavy atom. The highest BCUT2D eigenvalue weighted by atomic mass is 15.2. The Balaban J connectivity index is 1.77. The summed E-state index contributed by atoms with van der Waals surface area (Å²) in [7, 11) is 2.37. The second-order valence-electron chi connectivity index (χ2n) is 10.1. The van der Waals surface area contributed by atoms with Crippen LogP contribution in [0.15, 0.2) is 24.3 Å². The van der Waals surface area contributed by atoms with Crippen molar-refractivity contribution in [2.75, 3.05) is 7.05 Å². The first-order valence-corrected chi connectivity index (χ1v) is 13.2. The van der Waals surface area contributed by atoms with Crippen LogP contribution in [-0.4, -0.2) is 33.6 Å². The summed E-state index contributed by atoms with van der Waals surface area (Å²) in [6.07, 6.45) is 12.8. The number of para-hydroxylation sites is 2. The number of nitrogens with zero attached hydrogens (tertiary/aromatic N) is 3. The zero-order valence-electron chi connectivity index (χ0n) is 21.1. The lowest BCUT2D eigenvalue weighted by molar-refractivity contribution is 0.152. The normalized spacial score (nSPS) is 19.8. The van der Waals surface area contributed by atoms with Crippen LogP contribution in [0, 0.1) is 5.92 Å². The molecular formula is C28H47N3.